The van der Waals surface area contributed by atoms with E-state index in [1.807, 2.05) is 30.3 Å². The van der Waals surface area contributed by atoms with Gasteiger partial charge in [-0.1, -0.05) is 30.3 Å². The number of rotatable bonds is 4. The zero-order valence-corrected chi connectivity index (χ0v) is 13.4. The van der Waals surface area contributed by atoms with Gasteiger partial charge in [-0.3, -0.25) is 9.69 Å². The largest absolute Gasteiger partial charge is 0.480 e. The maximum Gasteiger partial charge on any atom is 0.317 e. The van der Waals surface area contributed by atoms with Crippen LogP contribution in [0.3, 0.4) is 0 Å². The van der Waals surface area contributed by atoms with E-state index in [4.69, 9.17) is 5.11 Å². The van der Waals surface area contributed by atoms with Crippen molar-refractivity contribution in [2.45, 2.75) is 4.90 Å². The van der Waals surface area contributed by atoms with Crippen LogP contribution in [0.1, 0.15) is 0 Å². The van der Waals surface area contributed by atoms with Crippen LogP contribution in [0.25, 0.3) is 10.8 Å². The average molecular weight is 334 g/mol. The molecule has 0 atom stereocenters. The Kier molecular flexibility index (Phi) is 4.34. The third-order valence-electron chi connectivity index (χ3n) is 4.05. The second-order valence-electron chi connectivity index (χ2n) is 5.58. The maximum atomic E-state index is 12.8. The van der Waals surface area contributed by atoms with Gasteiger partial charge in [-0.25, -0.2) is 8.42 Å². The molecular formula is C16H18N2O4S. The summed E-state index contributed by atoms with van der Waals surface area (Å²) in [5.74, 6) is -0.893. The SMILES string of the molecule is O=C(O)CN1CCN(S(=O)(=O)c2ccc3ccccc3c2)CC1. The number of benzene rings is 2. The summed E-state index contributed by atoms with van der Waals surface area (Å²) in [5, 5.41) is 10.7. The van der Waals surface area contributed by atoms with Gasteiger partial charge in [0.1, 0.15) is 0 Å². The molecule has 1 saturated heterocycles. The summed E-state index contributed by atoms with van der Waals surface area (Å²) in [6, 6.07) is 12.7. The normalized spacial score (nSPS) is 17.4. The first-order chi connectivity index (χ1) is 11.0. The smallest absolute Gasteiger partial charge is 0.317 e. The lowest BCUT2D eigenvalue weighted by atomic mass is 10.1. The van der Waals surface area contributed by atoms with E-state index in [2.05, 4.69) is 0 Å². The van der Waals surface area contributed by atoms with Crippen LogP contribution in [0.2, 0.25) is 0 Å². The van der Waals surface area contributed by atoms with Crippen molar-refractivity contribution in [1.29, 1.82) is 0 Å². The summed E-state index contributed by atoms with van der Waals surface area (Å²) in [4.78, 5) is 12.7. The number of hydrogen-bond donors (Lipinski definition) is 1. The highest BCUT2D eigenvalue weighted by atomic mass is 32.2. The molecule has 0 spiro atoms. The van der Waals surface area contributed by atoms with Gasteiger partial charge in [0.25, 0.3) is 0 Å². The Morgan fingerprint density at radius 3 is 2.30 bits per heavy atom. The Labute approximate surface area is 135 Å². The van der Waals surface area contributed by atoms with Gasteiger partial charge >= 0.3 is 5.97 Å². The fraction of sp³-hybridized carbons (Fsp3) is 0.312. The second kappa shape index (κ2) is 6.27. The molecule has 1 aliphatic heterocycles. The van der Waals surface area contributed by atoms with Gasteiger partial charge < -0.3 is 5.11 Å². The molecule has 1 fully saturated rings. The molecule has 3 rings (SSSR count). The van der Waals surface area contributed by atoms with Crippen LogP contribution in [-0.2, 0) is 14.8 Å². The highest BCUT2D eigenvalue weighted by Gasteiger charge is 2.29. The molecule has 2 aromatic carbocycles. The predicted molar refractivity (Wildman–Crippen MR) is 86.8 cm³/mol. The quantitative estimate of drug-likeness (QED) is 0.910. The number of carboxylic acids is 1. The van der Waals surface area contributed by atoms with Gasteiger partial charge in [-0.15, -0.1) is 0 Å². The van der Waals surface area contributed by atoms with Crippen molar-refractivity contribution in [1.82, 2.24) is 9.21 Å². The molecule has 7 heteroatoms. The minimum atomic E-state index is -3.55. The molecule has 6 nitrogen and oxygen atoms in total. The molecule has 0 aliphatic carbocycles. The minimum absolute atomic E-state index is 0.0517. The zero-order chi connectivity index (χ0) is 16.4. The van der Waals surface area contributed by atoms with Gasteiger partial charge in [0.2, 0.25) is 10.0 Å². The van der Waals surface area contributed by atoms with Crippen LogP contribution in [0.5, 0.6) is 0 Å². The van der Waals surface area contributed by atoms with Crippen LogP contribution in [0.15, 0.2) is 47.4 Å². The molecule has 23 heavy (non-hydrogen) atoms. The Morgan fingerprint density at radius 1 is 1.00 bits per heavy atom. The van der Waals surface area contributed by atoms with Crippen molar-refractivity contribution in [3.8, 4) is 0 Å². The monoisotopic (exact) mass is 334 g/mol. The molecule has 122 valence electrons. The first-order valence-electron chi connectivity index (χ1n) is 7.40. The van der Waals surface area contributed by atoms with E-state index in [1.165, 1.54) is 4.31 Å². The number of carboxylic acid groups (broad SMARTS) is 1. The van der Waals surface area contributed by atoms with Gasteiger partial charge in [0, 0.05) is 26.2 Å². The molecule has 0 radical (unpaired) electrons. The molecular weight excluding hydrogens is 316 g/mol. The molecule has 1 heterocycles. The number of hydrogen-bond acceptors (Lipinski definition) is 4. The van der Waals surface area contributed by atoms with Crippen LogP contribution in [0, 0.1) is 0 Å². The molecule has 1 aliphatic rings. The van der Waals surface area contributed by atoms with Gasteiger partial charge in [0.05, 0.1) is 11.4 Å². The lowest BCUT2D eigenvalue weighted by molar-refractivity contribution is -0.138. The zero-order valence-electron chi connectivity index (χ0n) is 12.6. The standard InChI is InChI=1S/C16H18N2O4S/c19-16(20)12-17-7-9-18(10-8-17)23(21,22)15-6-5-13-3-1-2-4-14(13)11-15/h1-6,11H,7-10,12H2,(H,19,20). The summed E-state index contributed by atoms with van der Waals surface area (Å²) in [6.45, 7) is 1.42. The molecule has 2 aromatic rings. The number of aliphatic carboxylic acids is 1. The fourth-order valence-electron chi connectivity index (χ4n) is 2.80. The Balaban J connectivity index is 1.79. The summed E-state index contributed by atoms with van der Waals surface area (Å²) < 4.78 is 26.9. The predicted octanol–water partition coefficient (Wildman–Crippen LogP) is 1.23. The van der Waals surface area contributed by atoms with E-state index in [-0.39, 0.29) is 11.4 Å². The van der Waals surface area contributed by atoms with Crippen LogP contribution in [0.4, 0.5) is 0 Å². The van der Waals surface area contributed by atoms with E-state index >= 15 is 0 Å². The third-order valence-corrected chi connectivity index (χ3v) is 5.94. The number of carbonyl (C=O) groups is 1. The van der Waals surface area contributed by atoms with E-state index in [1.54, 1.807) is 17.0 Å². The second-order valence-corrected chi connectivity index (χ2v) is 7.52. The molecule has 0 amide bonds. The van der Waals surface area contributed by atoms with Crippen molar-refractivity contribution in [2.24, 2.45) is 0 Å². The first-order valence-corrected chi connectivity index (χ1v) is 8.84. The van der Waals surface area contributed by atoms with Crippen molar-refractivity contribution >= 4 is 26.8 Å². The molecule has 0 bridgehead atoms. The Bertz CT molecular complexity index is 827. The minimum Gasteiger partial charge on any atom is -0.480 e. The highest BCUT2D eigenvalue weighted by molar-refractivity contribution is 7.89. The lowest BCUT2D eigenvalue weighted by Crippen LogP contribution is -2.49. The summed E-state index contributed by atoms with van der Waals surface area (Å²) in [6.07, 6.45) is 0. The van der Waals surface area contributed by atoms with Crippen molar-refractivity contribution in [2.75, 3.05) is 32.7 Å². The van der Waals surface area contributed by atoms with E-state index in [0.717, 1.165) is 10.8 Å². The van der Waals surface area contributed by atoms with Crippen LogP contribution >= 0.6 is 0 Å². The Hall–Kier alpha value is -1.96. The first kappa shape index (κ1) is 15.9. The van der Waals surface area contributed by atoms with Crippen molar-refractivity contribution < 1.29 is 18.3 Å². The fourth-order valence-corrected chi connectivity index (χ4v) is 4.25. The molecule has 1 N–H and O–H groups in total. The van der Waals surface area contributed by atoms with E-state index < -0.39 is 16.0 Å². The van der Waals surface area contributed by atoms with Crippen molar-refractivity contribution in [3.05, 3.63) is 42.5 Å². The highest BCUT2D eigenvalue weighted by Crippen LogP contribution is 2.22. The van der Waals surface area contributed by atoms with Gasteiger partial charge in [0.15, 0.2) is 0 Å². The summed E-state index contributed by atoms with van der Waals surface area (Å²) in [7, 11) is -3.55. The Morgan fingerprint density at radius 2 is 1.65 bits per heavy atom. The number of fused-ring (bicyclic) bond motifs is 1. The van der Waals surface area contributed by atoms with Gasteiger partial charge in [-0.05, 0) is 22.9 Å². The number of nitrogens with zero attached hydrogens (tertiary/aromatic N) is 2. The third kappa shape index (κ3) is 3.36. The number of sulfonamides is 1. The summed E-state index contributed by atoms with van der Waals surface area (Å²) in [5.41, 5.74) is 0. The van der Waals surface area contributed by atoms with Gasteiger partial charge in [-0.2, -0.15) is 4.31 Å². The lowest BCUT2D eigenvalue weighted by Gasteiger charge is -2.33. The molecule has 0 aromatic heterocycles. The van der Waals surface area contributed by atoms with E-state index in [0.29, 0.717) is 26.2 Å². The molecule has 0 saturated carbocycles. The van der Waals surface area contributed by atoms with Crippen molar-refractivity contribution in [3.63, 3.8) is 0 Å². The average Bonchev–Trinajstić information content (AvgIpc) is 2.54. The summed E-state index contributed by atoms with van der Waals surface area (Å²) >= 11 is 0. The molecule has 0 unspecified atom stereocenters. The maximum absolute atomic E-state index is 12.8. The van der Waals surface area contributed by atoms with Crippen LogP contribution in [-0.4, -0.2) is 61.4 Å². The topological polar surface area (TPSA) is 77.9 Å². The van der Waals surface area contributed by atoms with Crippen LogP contribution < -0.4 is 0 Å². The van der Waals surface area contributed by atoms with E-state index in [9.17, 15) is 13.2 Å². The number of piperazine rings is 1.